The molecule has 0 aliphatic carbocycles. The van der Waals surface area contributed by atoms with Gasteiger partial charge < -0.3 is 9.42 Å². The maximum absolute atomic E-state index is 12.9. The van der Waals surface area contributed by atoms with Crippen LogP contribution in [0.1, 0.15) is 29.9 Å². The summed E-state index contributed by atoms with van der Waals surface area (Å²) in [6.07, 6.45) is 2.37. The second kappa shape index (κ2) is 8.83. The maximum atomic E-state index is 12.9. The fourth-order valence-corrected chi connectivity index (χ4v) is 3.71. The van der Waals surface area contributed by atoms with Crippen LogP contribution in [-0.4, -0.2) is 44.0 Å². The summed E-state index contributed by atoms with van der Waals surface area (Å²) in [5.74, 6) is 0.762. The second-order valence-electron chi connectivity index (χ2n) is 7.53. The first-order chi connectivity index (χ1) is 14.9. The van der Waals surface area contributed by atoms with E-state index in [4.69, 9.17) is 4.52 Å². The number of aromatic nitrogens is 4. The van der Waals surface area contributed by atoms with Gasteiger partial charge in [-0.2, -0.15) is 18.2 Å². The summed E-state index contributed by atoms with van der Waals surface area (Å²) < 4.78 is 44.0. The molecule has 1 fully saturated rings. The van der Waals surface area contributed by atoms with Crippen LogP contribution in [-0.2, 0) is 23.8 Å². The third kappa shape index (κ3) is 5.25. The molecule has 4 rings (SSSR count). The van der Waals surface area contributed by atoms with Crippen LogP contribution in [0.2, 0.25) is 0 Å². The van der Waals surface area contributed by atoms with Crippen molar-refractivity contribution < 1.29 is 22.5 Å². The number of hydrogen-bond acceptors (Lipinski definition) is 6. The number of alkyl halides is 3. The number of rotatable bonds is 5. The predicted molar refractivity (Wildman–Crippen MR) is 103 cm³/mol. The second-order valence-corrected chi connectivity index (χ2v) is 7.53. The van der Waals surface area contributed by atoms with Crippen molar-refractivity contribution in [1.29, 1.82) is 0 Å². The fraction of sp³-hybridized carbons (Fsp3) is 0.381. The SMILES string of the molecule is O=C(Cc1cccc(C(F)(F)F)c1)N1CCC[C@@H](Cc2nc(-c3cnccn3)no2)C1. The highest BCUT2D eigenvalue weighted by atomic mass is 19.4. The minimum absolute atomic E-state index is 0.0615. The third-order valence-electron chi connectivity index (χ3n) is 5.21. The van der Waals surface area contributed by atoms with Crippen LogP contribution in [0.25, 0.3) is 11.5 Å². The lowest BCUT2D eigenvalue weighted by molar-refractivity contribution is -0.138. The topological polar surface area (TPSA) is 85.0 Å². The van der Waals surface area contributed by atoms with Gasteiger partial charge in [-0.05, 0) is 30.4 Å². The Morgan fingerprint density at radius 3 is 2.90 bits per heavy atom. The molecule has 0 spiro atoms. The molecule has 2 aromatic heterocycles. The minimum atomic E-state index is -4.43. The average Bonchev–Trinajstić information content (AvgIpc) is 3.23. The van der Waals surface area contributed by atoms with E-state index in [1.165, 1.54) is 6.07 Å². The van der Waals surface area contributed by atoms with Gasteiger partial charge >= 0.3 is 6.18 Å². The predicted octanol–water partition coefficient (Wildman–Crippen LogP) is 3.57. The van der Waals surface area contributed by atoms with Gasteiger partial charge in [0.15, 0.2) is 0 Å². The zero-order valence-corrected chi connectivity index (χ0v) is 16.5. The van der Waals surface area contributed by atoms with Crippen molar-refractivity contribution in [3.05, 3.63) is 59.9 Å². The van der Waals surface area contributed by atoms with Gasteiger partial charge in [0.1, 0.15) is 5.69 Å². The summed E-state index contributed by atoms with van der Waals surface area (Å²) in [7, 11) is 0. The van der Waals surface area contributed by atoms with Gasteiger partial charge in [-0.1, -0.05) is 23.4 Å². The van der Waals surface area contributed by atoms with Gasteiger partial charge in [0.05, 0.1) is 18.2 Å². The molecule has 1 amide bonds. The van der Waals surface area contributed by atoms with Crippen molar-refractivity contribution in [3.8, 4) is 11.5 Å². The minimum Gasteiger partial charge on any atom is -0.342 e. The van der Waals surface area contributed by atoms with Crippen molar-refractivity contribution in [2.45, 2.75) is 31.9 Å². The third-order valence-corrected chi connectivity index (χ3v) is 5.21. The molecule has 10 heteroatoms. The van der Waals surface area contributed by atoms with E-state index in [0.29, 0.717) is 42.5 Å². The molecule has 1 aliphatic rings. The largest absolute Gasteiger partial charge is 0.416 e. The summed E-state index contributed by atoms with van der Waals surface area (Å²) >= 11 is 0. The molecule has 0 bridgehead atoms. The van der Waals surface area contributed by atoms with E-state index >= 15 is 0 Å². The Kier molecular flexibility index (Phi) is 5.97. The molecule has 3 heterocycles. The van der Waals surface area contributed by atoms with E-state index in [1.54, 1.807) is 29.6 Å². The number of piperidine rings is 1. The Hall–Kier alpha value is -3.30. The van der Waals surface area contributed by atoms with Gasteiger partial charge in [0, 0.05) is 31.9 Å². The van der Waals surface area contributed by atoms with E-state index in [0.717, 1.165) is 25.0 Å². The van der Waals surface area contributed by atoms with Crippen LogP contribution >= 0.6 is 0 Å². The molecule has 1 atom stereocenters. The van der Waals surface area contributed by atoms with Gasteiger partial charge in [-0.15, -0.1) is 0 Å². The highest BCUT2D eigenvalue weighted by Gasteiger charge is 2.31. The summed E-state index contributed by atoms with van der Waals surface area (Å²) in [5, 5.41) is 3.93. The lowest BCUT2D eigenvalue weighted by atomic mass is 9.94. The zero-order valence-electron chi connectivity index (χ0n) is 16.5. The van der Waals surface area contributed by atoms with E-state index in [-0.39, 0.29) is 18.2 Å². The fourth-order valence-electron chi connectivity index (χ4n) is 3.71. The Labute approximate surface area is 176 Å². The number of hydrogen-bond donors (Lipinski definition) is 0. The van der Waals surface area contributed by atoms with E-state index < -0.39 is 11.7 Å². The average molecular weight is 431 g/mol. The first-order valence-electron chi connectivity index (χ1n) is 9.91. The number of carbonyl (C=O) groups is 1. The Bertz CT molecular complexity index is 1040. The molecule has 1 saturated heterocycles. The number of nitrogens with zero attached hydrogens (tertiary/aromatic N) is 5. The molecule has 0 radical (unpaired) electrons. The molecule has 0 saturated carbocycles. The smallest absolute Gasteiger partial charge is 0.342 e. The Balaban J connectivity index is 1.36. The standard InChI is InChI=1S/C21H20F3N5O2/c22-21(23,24)16-5-1-3-14(9-16)11-19(30)29-8-2-4-15(13-29)10-18-27-20(28-31-18)17-12-25-6-7-26-17/h1,3,5-7,9,12,15H,2,4,8,10-11,13H2/t15-/m0/s1. The van der Waals surface area contributed by atoms with Crippen LogP contribution in [0.15, 0.2) is 47.4 Å². The number of halogens is 3. The van der Waals surface area contributed by atoms with E-state index in [2.05, 4.69) is 20.1 Å². The molecular weight excluding hydrogens is 411 g/mol. The van der Waals surface area contributed by atoms with Crippen molar-refractivity contribution in [2.24, 2.45) is 5.92 Å². The maximum Gasteiger partial charge on any atom is 0.416 e. The van der Waals surface area contributed by atoms with Gasteiger partial charge in [-0.3, -0.25) is 9.78 Å². The van der Waals surface area contributed by atoms with Crippen LogP contribution in [0.3, 0.4) is 0 Å². The van der Waals surface area contributed by atoms with Crippen molar-refractivity contribution in [2.75, 3.05) is 13.1 Å². The first kappa shape index (κ1) is 21.0. The lowest BCUT2D eigenvalue weighted by Gasteiger charge is -2.32. The summed E-state index contributed by atoms with van der Waals surface area (Å²) in [6.45, 7) is 1.09. The van der Waals surface area contributed by atoms with Gasteiger partial charge in [0.25, 0.3) is 0 Å². The number of benzene rings is 1. The summed E-state index contributed by atoms with van der Waals surface area (Å²) in [5.41, 5.74) is 0.121. The molecule has 1 aromatic carbocycles. The molecule has 162 valence electrons. The quantitative estimate of drug-likeness (QED) is 0.614. The van der Waals surface area contributed by atoms with Crippen molar-refractivity contribution in [3.63, 3.8) is 0 Å². The van der Waals surface area contributed by atoms with Crippen LogP contribution < -0.4 is 0 Å². The highest BCUT2D eigenvalue weighted by molar-refractivity contribution is 5.79. The van der Waals surface area contributed by atoms with Crippen LogP contribution in [0, 0.1) is 5.92 Å². The monoisotopic (exact) mass is 431 g/mol. The zero-order chi connectivity index (χ0) is 21.8. The van der Waals surface area contributed by atoms with Crippen molar-refractivity contribution in [1.82, 2.24) is 25.0 Å². The van der Waals surface area contributed by atoms with E-state index in [9.17, 15) is 18.0 Å². The summed E-state index contributed by atoms with van der Waals surface area (Å²) in [6, 6.07) is 4.91. The Morgan fingerprint density at radius 2 is 2.13 bits per heavy atom. The van der Waals surface area contributed by atoms with E-state index in [1.807, 2.05) is 0 Å². The highest BCUT2D eigenvalue weighted by Crippen LogP contribution is 2.30. The number of likely N-dealkylation sites (tertiary alicyclic amines) is 1. The van der Waals surface area contributed by atoms with Crippen molar-refractivity contribution >= 4 is 5.91 Å². The molecular formula is C21H20F3N5O2. The molecule has 0 N–H and O–H groups in total. The molecule has 0 unspecified atom stereocenters. The number of amides is 1. The molecule has 3 aromatic rings. The van der Waals surface area contributed by atoms with Crippen LogP contribution in [0.4, 0.5) is 13.2 Å². The summed E-state index contributed by atoms with van der Waals surface area (Å²) in [4.78, 5) is 26.9. The Morgan fingerprint density at radius 1 is 1.26 bits per heavy atom. The lowest BCUT2D eigenvalue weighted by Crippen LogP contribution is -2.41. The van der Waals surface area contributed by atoms with Gasteiger partial charge in [0.2, 0.25) is 17.6 Å². The van der Waals surface area contributed by atoms with Gasteiger partial charge in [-0.25, -0.2) is 4.98 Å². The molecule has 31 heavy (non-hydrogen) atoms. The van der Waals surface area contributed by atoms with Crippen LogP contribution in [0.5, 0.6) is 0 Å². The first-order valence-corrected chi connectivity index (χ1v) is 9.91. The number of carbonyl (C=O) groups excluding carboxylic acids is 1. The normalized spacial score (nSPS) is 17.0. The molecule has 1 aliphatic heterocycles. The molecule has 7 nitrogen and oxygen atoms in total.